The molecule has 6 nitrogen and oxygen atoms in total. The van der Waals surface area contributed by atoms with Crippen molar-refractivity contribution in [3.8, 4) is 0 Å². The Labute approximate surface area is 212 Å². The van der Waals surface area contributed by atoms with E-state index < -0.39 is 0 Å². The zero-order valence-corrected chi connectivity index (χ0v) is 21.1. The highest BCUT2D eigenvalue weighted by molar-refractivity contribution is 6.21. The van der Waals surface area contributed by atoms with E-state index in [1.807, 2.05) is 6.07 Å². The maximum Gasteiger partial charge on any atom is 0.261 e. The number of fused-ring (bicyclic) bond motifs is 2. The van der Waals surface area contributed by atoms with Crippen LogP contribution < -0.4 is 5.32 Å². The Morgan fingerprint density at radius 3 is 2.22 bits per heavy atom. The van der Waals surface area contributed by atoms with Gasteiger partial charge in [0.15, 0.2) is 0 Å². The molecule has 1 aliphatic rings. The number of nitrogens with zero attached hydrogens (tertiary/aromatic N) is 3. The minimum absolute atomic E-state index is 0.0311. The summed E-state index contributed by atoms with van der Waals surface area (Å²) >= 11 is 0. The van der Waals surface area contributed by atoms with Crippen LogP contribution in [0.5, 0.6) is 0 Å². The number of carbonyl (C=O) groups is 2. The second-order valence-corrected chi connectivity index (χ2v) is 9.87. The molecule has 5 rings (SSSR count). The highest BCUT2D eigenvalue weighted by Crippen LogP contribution is 2.28. The van der Waals surface area contributed by atoms with Gasteiger partial charge in [-0.1, -0.05) is 62.4 Å². The van der Waals surface area contributed by atoms with Crippen LogP contribution >= 0.6 is 0 Å². The van der Waals surface area contributed by atoms with Gasteiger partial charge in [0, 0.05) is 13.1 Å². The monoisotopic (exact) mass is 480 g/mol. The van der Waals surface area contributed by atoms with Crippen molar-refractivity contribution in [3.63, 3.8) is 0 Å². The van der Waals surface area contributed by atoms with E-state index >= 15 is 0 Å². The predicted octanol–water partition coefficient (Wildman–Crippen LogP) is 5.37. The van der Waals surface area contributed by atoms with E-state index in [1.54, 1.807) is 24.3 Å². The van der Waals surface area contributed by atoms with Gasteiger partial charge in [-0.3, -0.25) is 14.5 Å². The molecule has 1 atom stereocenters. The SMILES string of the molecule is Cc1ccc2c(c1)nc([C@H](NCCCN1C(=O)c3ccccc3C1=O)C(C)C)n2Cc1ccccc1. The number of aryl methyl sites for hydroxylation is 1. The first-order valence-corrected chi connectivity index (χ1v) is 12.6. The predicted molar refractivity (Wildman–Crippen MR) is 142 cm³/mol. The normalized spacial score (nSPS) is 14.2. The number of carbonyl (C=O) groups excluding carboxylic acids is 2. The van der Waals surface area contributed by atoms with Crippen LogP contribution in [-0.2, 0) is 6.54 Å². The van der Waals surface area contributed by atoms with Gasteiger partial charge in [-0.05, 0) is 61.2 Å². The molecule has 0 bridgehead atoms. The van der Waals surface area contributed by atoms with Crippen LogP contribution in [0.2, 0.25) is 0 Å². The summed E-state index contributed by atoms with van der Waals surface area (Å²) in [5, 5.41) is 3.68. The van der Waals surface area contributed by atoms with Crippen LogP contribution in [0.3, 0.4) is 0 Å². The van der Waals surface area contributed by atoms with Crippen LogP contribution in [-0.4, -0.2) is 39.4 Å². The molecular weight excluding hydrogens is 448 g/mol. The first kappa shape index (κ1) is 23.9. The first-order valence-electron chi connectivity index (χ1n) is 12.6. The fourth-order valence-electron chi connectivity index (χ4n) is 4.99. The molecule has 0 spiro atoms. The van der Waals surface area contributed by atoms with E-state index in [4.69, 9.17) is 4.98 Å². The summed E-state index contributed by atoms with van der Waals surface area (Å²) in [6.45, 7) is 8.29. The van der Waals surface area contributed by atoms with Crippen molar-refractivity contribution in [2.75, 3.05) is 13.1 Å². The lowest BCUT2D eigenvalue weighted by molar-refractivity contribution is 0.0652. The summed E-state index contributed by atoms with van der Waals surface area (Å²) < 4.78 is 2.31. The maximum atomic E-state index is 12.7. The number of benzene rings is 3. The van der Waals surface area contributed by atoms with E-state index in [-0.39, 0.29) is 17.9 Å². The van der Waals surface area contributed by atoms with Crippen LogP contribution in [0.25, 0.3) is 11.0 Å². The number of nitrogens with one attached hydrogen (secondary N) is 1. The largest absolute Gasteiger partial charge is 0.322 e. The third-order valence-corrected chi connectivity index (χ3v) is 6.86. The fraction of sp³-hybridized carbons (Fsp3) is 0.300. The molecule has 0 aliphatic carbocycles. The van der Waals surface area contributed by atoms with Crippen molar-refractivity contribution in [2.24, 2.45) is 5.92 Å². The summed E-state index contributed by atoms with van der Waals surface area (Å²) in [4.78, 5) is 31.8. The van der Waals surface area contributed by atoms with Gasteiger partial charge in [0.1, 0.15) is 5.82 Å². The van der Waals surface area contributed by atoms with Crippen molar-refractivity contribution < 1.29 is 9.59 Å². The Morgan fingerprint density at radius 1 is 0.889 bits per heavy atom. The minimum atomic E-state index is -0.198. The average Bonchev–Trinajstić information content (AvgIpc) is 3.34. The summed E-state index contributed by atoms with van der Waals surface area (Å²) in [6, 6.07) is 24.0. The van der Waals surface area contributed by atoms with Crippen molar-refractivity contribution in [2.45, 2.75) is 39.8 Å². The van der Waals surface area contributed by atoms with Crippen LogP contribution in [0, 0.1) is 12.8 Å². The van der Waals surface area contributed by atoms with Gasteiger partial charge in [-0.15, -0.1) is 0 Å². The number of imidazole rings is 1. The van der Waals surface area contributed by atoms with Gasteiger partial charge in [-0.2, -0.15) is 0 Å². The van der Waals surface area contributed by atoms with Crippen LogP contribution in [0.4, 0.5) is 0 Å². The van der Waals surface area contributed by atoms with Gasteiger partial charge in [0.2, 0.25) is 0 Å². The van der Waals surface area contributed by atoms with Crippen LogP contribution in [0.15, 0.2) is 72.8 Å². The third kappa shape index (κ3) is 4.56. The van der Waals surface area contributed by atoms with Crippen LogP contribution in [0.1, 0.15) is 64.0 Å². The molecule has 0 fully saturated rings. The smallest absolute Gasteiger partial charge is 0.261 e. The van der Waals surface area contributed by atoms with Gasteiger partial charge in [-0.25, -0.2) is 4.98 Å². The summed E-state index contributed by atoms with van der Waals surface area (Å²) in [6.07, 6.45) is 0.673. The average molecular weight is 481 g/mol. The molecule has 1 aromatic heterocycles. The number of hydrogen-bond donors (Lipinski definition) is 1. The van der Waals surface area contributed by atoms with E-state index in [0.29, 0.717) is 36.6 Å². The fourth-order valence-corrected chi connectivity index (χ4v) is 4.99. The number of rotatable bonds is 9. The summed E-state index contributed by atoms with van der Waals surface area (Å²) in [7, 11) is 0. The lowest BCUT2D eigenvalue weighted by Gasteiger charge is -2.24. The van der Waals surface area contributed by atoms with Crippen molar-refractivity contribution >= 4 is 22.8 Å². The molecule has 4 aromatic rings. The molecule has 1 aliphatic heterocycles. The molecule has 0 saturated heterocycles. The number of imide groups is 1. The molecule has 0 radical (unpaired) electrons. The Balaban J connectivity index is 1.34. The van der Waals surface area contributed by atoms with Crippen molar-refractivity contribution in [1.29, 1.82) is 0 Å². The standard InChI is InChI=1S/C30H32N4O2/c1-20(2)27(31-16-9-17-33-29(35)23-12-7-8-13-24(23)30(33)36)28-32-25-18-21(3)14-15-26(25)34(28)19-22-10-5-4-6-11-22/h4-8,10-15,18,20,27,31H,9,16-17,19H2,1-3H3/t27-/m1/s1. The maximum absolute atomic E-state index is 12.7. The van der Waals surface area contributed by atoms with Crippen molar-refractivity contribution in [3.05, 3.63) is 101 Å². The van der Waals surface area contributed by atoms with E-state index in [9.17, 15) is 9.59 Å². The Bertz CT molecular complexity index is 1370. The van der Waals surface area contributed by atoms with E-state index in [0.717, 1.165) is 23.4 Å². The van der Waals surface area contributed by atoms with Gasteiger partial charge in [0.05, 0.1) is 28.2 Å². The highest BCUT2D eigenvalue weighted by Gasteiger charge is 2.34. The minimum Gasteiger partial charge on any atom is -0.322 e. The van der Waals surface area contributed by atoms with E-state index in [1.165, 1.54) is 16.0 Å². The zero-order chi connectivity index (χ0) is 25.2. The molecule has 0 unspecified atom stereocenters. The Morgan fingerprint density at radius 2 is 1.56 bits per heavy atom. The second kappa shape index (κ2) is 10.1. The van der Waals surface area contributed by atoms with Gasteiger partial charge in [0.25, 0.3) is 11.8 Å². The third-order valence-electron chi connectivity index (χ3n) is 6.86. The first-order chi connectivity index (χ1) is 17.4. The van der Waals surface area contributed by atoms with E-state index in [2.05, 4.69) is 73.1 Å². The molecular formula is C30H32N4O2. The molecule has 2 amide bonds. The number of amides is 2. The second-order valence-electron chi connectivity index (χ2n) is 9.87. The molecule has 3 aromatic carbocycles. The zero-order valence-electron chi connectivity index (χ0n) is 21.1. The molecule has 6 heteroatoms. The highest BCUT2D eigenvalue weighted by atomic mass is 16.2. The topological polar surface area (TPSA) is 67.2 Å². The van der Waals surface area contributed by atoms with Gasteiger partial charge >= 0.3 is 0 Å². The molecule has 184 valence electrons. The Hall–Kier alpha value is -3.77. The van der Waals surface area contributed by atoms with Gasteiger partial charge < -0.3 is 9.88 Å². The quantitative estimate of drug-likeness (QED) is 0.258. The molecule has 1 N–H and O–H groups in total. The molecule has 36 heavy (non-hydrogen) atoms. The summed E-state index contributed by atoms with van der Waals surface area (Å²) in [5.74, 6) is 0.916. The summed E-state index contributed by atoms with van der Waals surface area (Å²) in [5.41, 5.74) is 5.54. The number of aromatic nitrogens is 2. The lowest BCUT2D eigenvalue weighted by atomic mass is 10.0. The number of hydrogen-bond acceptors (Lipinski definition) is 4. The lowest BCUT2D eigenvalue weighted by Crippen LogP contribution is -2.34. The van der Waals surface area contributed by atoms with Crippen molar-refractivity contribution in [1.82, 2.24) is 19.8 Å². The molecule has 0 saturated carbocycles. The Kier molecular flexibility index (Phi) is 6.70. The molecule has 2 heterocycles.